The molecule has 1 aromatic carbocycles. The van der Waals surface area contributed by atoms with Crippen molar-refractivity contribution in [3.63, 3.8) is 0 Å². The highest BCUT2D eigenvalue weighted by Gasteiger charge is 2.31. The third kappa shape index (κ3) is 2.55. The van der Waals surface area contributed by atoms with Crippen molar-refractivity contribution in [3.05, 3.63) is 33.0 Å². The Labute approximate surface area is 113 Å². The summed E-state index contributed by atoms with van der Waals surface area (Å²) < 4.78 is 14.2. The molecular formula is C13H13BrClFO. The van der Waals surface area contributed by atoms with Gasteiger partial charge < -0.3 is 0 Å². The minimum absolute atomic E-state index is 0.0539. The van der Waals surface area contributed by atoms with Crippen molar-refractivity contribution >= 4 is 33.3 Å². The van der Waals surface area contributed by atoms with Gasteiger partial charge in [-0.1, -0.05) is 24.9 Å². The topological polar surface area (TPSA) is 17.1 Å². The lowest BCUT2D eigenvalue weighted by Gasteiger charge is -2.14. The van der Waals surface area contributed by atoms with Crippen molar-refractivity contribution in [3.8, 4) is 0 Å². The molecule has 0 saturated heterocycles. The summed E-state index contributed by atoms with van der Waals surface area (Å²) >= 11 is 9.05. The van der Waals surface area contributed by atoms with Crippen molar-refractivity contribution in [1.29, 1.82) is 0 Å². The maximum Gasteiger partial charge on any atom is 0.169 e. The number of benzene rings is 1. The molecule has 1 aliphatic carbocycles. The van der Waals surface area contributed by atoms with Crippen LogP contribution in [0, 0.1) is 17.7 Å². The van der Waals surface area contributed by atoms with Crippen LogP contribution < -0.4 is 0 Å². The van der Waals surface area contributed by atoms with E-state index < -0.39 is 5.82 Å². The third-order valence-electron chi connectivity index (χ3n) is 3.47. The van der Waals surface area contributed by atoms with Crippen LogP contribution in [0.15, 0.2) is 16.6 Å². The van der Waals surface area contributed by atoms with E-state index in [1.807, 2.05) is 6.92 Å². The molecule has 1 fully saturated rings. The number of ketones is 1. The Morgan fingerprint density at radius 2 is 2.18 bits per heavy atom. The molecule has 2 unspecified atom stereocenters. The fourth-order valence-electron chi connectivity index (χ4n) is 2.45. The highest BCUT2D eigenvalue weighted by Crippen LogP contribution is 2.35. The van der Waals surface area contributed by atoms with E-state index in [0.717, 1.165) is 19.3 Å². The Balaban J connectivity index is 2.34. The molecule has 92 valence electrons. The Morgan fingerprint density at radius 1 is 1.47 bits per heavy atom. The summed E-state index contributed by atoms with van der Waals surface area (Å²) in [5.74, 6) is -0.321. The van der Waals surface area contributed by atoms with Gasteiger partial charge in [0.15, 0.2) is 5.78 Å². The molecule has 17 heavy (non-hydrogen) atoms. The van der Waals surface area contributed by atoms with Gasteiger partial charge in [-0.2, -0.15) is 0 Å². The molecular weight excluding hydrogens is 306 g/mol. The van der Waals surface area contributed by atoms with Gasteiger partial charge in [0.05, 0.1) is 10.6 Å². The molecule has 4 heteroatoms. The molecule has 0 aromatic heterocycles. The van der Waals surface area contributed by atoms with Gasteiger partial charge in [-0.05, 0) is 46.8 Å². The summed E-state index contributed by atoms with van der Waals surface area (Å²) in [7, 11) is 0. The Hall–Kier alpha value is -0.410. The highest BCUT2D eigenvalue weighted by molar-refractivity contribution is 9.10. The van der Waals surface area contributed by atoms with Crippen LogP contribution in [0.3, 0.4) is 0 Å². The predicted octanol–water partition coefficient (Wildman–Crippen LogP) is 4.86. The molecule has 1 nitrogen and oxygen atoms in total. The molecule has 0 heterocycles. The molecule has 1 aliphatic rings. The predicted molar refractivity (Wildman–Crippen MR) is 69.9 cm³/mol. The van der Waals surface area contributed by atoms with Gasteiger partial charge >= 0.3 is 0 Å². The second kappa shape index (κ2) is 5.07. The molecule has 2 atom stereocenters. The standard InChI is InChI=1S/C13H13BrClFO/c1-7-3-2-4-8(7)13(17)9-5-11(15)10(14)6-12(9)16/h5-8H,2-4H2,1H3. The molecule has 0 radical (unpaired) electrons. The first kappa shape index (κ1) is 13.0. The van der Waals surface area contributed by atoms with Crippen molar-refractivity contribution in [2.45, 2.75) is 26.2 Å². The van der Waals surface area contributed by atoms with E-state index in [2.05, 4.69) is 15.9 Å². The zero-order valence-corrected chi connectivity index (χ0v) is 11.8. The second-order valence-corrected chi connectivity index (χ2v) is 5.89. The summed E-state index contributed by atoms with van der Waals surface area (Å²) in [6.07, 6.45) is 2.94. The summed E-state index contributed by atoms with van der Waals surface area (Å²) in [5.41, 5.74) is 0.122. The zero-order valence-electron chi connectivity index (χ0n) is 9.47. The number of halogens is 3. The van der Waals surface area contributed by atoms with Gasteiger partial charge in [0.2, 0.25) is 0 Å². The zero-order chi connectivity index (χ0) is 12.6. The van der Waals surface area contributed by atoms with E-state index in [0.29, 0.717) is 15.4 Å². The second-order valence-electron chi connectivity index (χ2n) is 4.63. The monoisotopic (exact) mass is 318 g/mol. The van der Waals surface area contributed by atoms with Crippen LogP contribution in [-0.4, -0.2) is 5.78 Å². The molecule has 1 saturated carbocycles. The van der Waals surface area contributed by atoms with Crippen LogP contribution in [0.1, 0.15) is 36.5 Å². The van der Waals surface area contributed by atoms with Gasteiger partial charge in [-0.25, -0.2) is 4.39 Å². The molecule has 0 N–H and O–H groups in total. The smallest absolute Gasteiger partial charge is 0.169 e. The van der Waals surface area contributed by atoms with Crippen molar-refractivity contribution in [2.75, 3.05) is 0 Å². The van der Waals surface area contributed by atoms with E-state index in [4.69, 9.17) is 11.6 Å². The van der Waals surface area contributed by atoms with E-state index in [1.54, 1.807) is 0 Å². The summed E-state index contributed by atoms with van der Waals surface area (Å²) in [4.78, 5) is 12.2. The summed E-state index contributed by atoms with van der Waals surface area (Å²) in [5, 5.41) is 0.375. The normalized spacial score (nSPS) is 24.0. The van der Waals surface area contributed by atoms with Crippen LogP contribution in [0.2, 0.25) is 5.02 Å². The Morgan fingerprint density at radius 3 is 2.76 bits per heavy atom. The van der Waals surface area contributed by atoms with Crippen LogP contribution in [-0.2, 0) is 0 Å². The highest BCUT2D eigenvalue weighted by atomic mass is 79.9. The average molecular weight is 320 g/mol. The quantitative estimate of drug-likeness (QED) is 0.562. The van der Waals surface area contributed by atoms with Gasteiger partial charge in [-0.15, -0.1) is 0 Å². The molecule has 0 amide bonds. The average Bonchev–Trinajstić information content (AvgIpc) is 2.69. The minimum Gasteiger partial charge on any atom is -0.294 e. The lowest BCUT2D eigenvalue weighted by Crippen LogP contribution is -2.18. The van der Waals surface area contributed by atoms with E-state index in [-0.39, 0.29) is 17.3 Å². The Bertz CT molecular complexity index is 461. The summed E-state index contributed by atoms with van der Waals surface area (Å²) in [6.45, 7) is 2.05. The lowest BCUT2D eigenvalue weighted by atomic mass is 9.89. The van der Waals surface area contributed by atoms with Crippen molar-refractivity contribution in [1.82, 2.24) is 0 Å². The third-order valence-corrected chi connectivity index (χ3v) is 4.67. The van der Waals surface area contributed by atoms with E-state index in [1.165, 1.54) is 12.1 Å². The first-order valence-electron chi connectivity index (χ1n) is 5.69. The van der Waals surface area contributed by atoms with Gasteiger partial charge in [0.1, 0.15) is 5.82 Å². The van der Waals surface area contributed by atoms with Crippen LogP contribution in [0.4, 0.5) is 4.39 Å². The fraction of sp³-hybridized carbons (Fsp3) is 0.462. The number of hydrogen-bond donors (Lipinski definition) is 0. The molecule has 0 bridgehead atoms. The minimum atomic E-state index is -0.495. The van der Waals surface area contributed by atoms with Gasteiger partial charge in [0.25, 0.3) is 0 Å². The maximum atomic E-state index is 13.8. The Kier molecular flexibility index (Phi) is 3.88. The van der Waals surface area contributed by atoms with Crippen LogP contribution in [0.5, 0.6) is 0 Å². The van der Waals surface area contributed by atoms with Crippen LogP contribution in [0.25, 0.3) is 0 Å². The van der Waals surface area contributed by atoms with Crippen molar-refractivity contribution in [2.24, 2.45) is 11.8 Å². The number of hydrogen-bond acceptors (Lipinski definition) is 1. The molecule has 0 spiro atoms. The largest absolute Gasteiger partial charge is 0.294 e. The van der Waals surface area contributed by atoms with E-state index >= 15 is 0 Å². The van der Waals surface area contributed by atoms with E-state index in [9.17, 15) is 9.18 Å². The maximum absolute atomic E-state index is 13.8. The molecule has 2 rings (SSSR count). The SMILES string of the molecule is CC1CCCC1C(=O)c1cc(Cl)c(Br)cc1F. The first-order chi connectivity index (χ1) is 8.00. The molecule has 0 aliphatic heterocycles. The number of carbonyl (C=O) groups is 1. The fourth-order valence-corrected chi connectivity index (χ4v) is 2.93. The molecule has 1 aromatic rings. The lowest BCUT2D eigenvalue weighted by molar-refractivity contribution is 0.0893. The number of rotatable bonds is 2. The first-order valence-corrected chi connectivity index (χ1v) is 6.86. The van der Waals surface area contributed by atoms with Gasteiger partial charge in [0, 0.05) is 10.4 Å². The number of carbonyl (C=O) groups excluding carboxylic acids is 1. The van der Waals surface area contributed by atoms with Crippen LogP contribution >= 0.6 is 27.5 Å². The van der Waals surface area contributed by atoms with Gasteiger partial charge in [-0.3, -0.25) is 4.79 Å². The van der Waals surface area contributed by atoms with Crippen molar-refractivity contribution < 1.29 is 9.18 Å². The number of Topliss-reactive ketones (excluding diaryl/α,β-unsaturated/α-hetero) is 1. The summed E-state index contributed by atoms with van der Waals surface area (Å²) in [6, 6.07) is 2.68.